The summed E-state index contributed by atoms with van der Waals surface area (Å²) in [6.07, 6.45) is -3.47. The Kier molecular flexibility index (Phi) is 5.05. The lowest BCUT2D eigenvalue weighted by molar-refractivity contribution is -0.137. The van der Waals surface area contributed by atoms with Crippen molar-refractivity contribution in [3.05, 3.63) is 64.7 Å². The molecule has 1 saturated heterocycles. The molecule has 0 unspecified atom stereocenters. The van der Waals surface area contributed by atoms with E-state index in [4.69, 9.17) is 0 Å². The molecule has 2 atom stereocenters. The van der Waals surface area contributed by atoms with E-state index >= 15 is 0 Å². The standard InChI is InChI=1S/C23H25F3N2O/c1-15-3-6-17(7-4-15)19-14-20(19)22(29)28-11-9-27(10-12-28)21-13-18(23(24,25)26)8-5-16(21)2/h3-8,13,19-20H,9-12,14H2,1-2H3/t19-,20-/m0/s1. The van der Waals surface area contributed by atoms with E-state index in [1.54, 1.807) is 0 Å². The smallest absolute Gasteiger partial charge is 0.368 e. The molecule has 0 aromatic heterocycles. The third-order valence-electron chi connectivity index (χ3n) is 6.08. The van der Waals surface area contributed by atoms with Crippen LogP contribution >= 0.6 is 0 Å². The highest BCUT2D eigenvalue weighted by Crippen LogP contribution is 2.48. The van der Waals surface area contributed by atoms with E-state index in [0.717, 1.165) is 18.1 Å². The highest BCUT2D eigenvalue weighted by molar-refractivity contribution is 5.83. The molecule has 154 valence electrons. The number of carbonyl (C=O) groups is 1. The zero-order chi connectivity index (χ0) is 20.8. The first-order chi connectivity index (χ1) is 13.7. The van der Waals surface area contributed by atoms with Gasteiger partial charge in [0.2, 0.25) is 5.91 Å². The average Bonchev–Trinajstić information content (AvgIpc) is 3.48. The van der Waals surface area contributed by atoms with Crippen LogP contribution in [0.4, 0.5) is 18.9 Å². The van der Waals surface area contributed by atoms with Gasteiger partial charge in [-0.25, -0.2) is 0 Å². The lowest BCUT2D eigenvalue weighted by Gasteiger charge is -2.37. The van der Waals surface area contributed by atoms with E-state index in [1.807, 2.05) is 23.6 Å². The fourth-order valence-electron chi connectivity index (χ4n) is 4.18. The van der Waals surface area contributed by atoms with Crippen molar-refractivity contribution in [1.29, 1.82) is 0 Å². The molecule has 4 rings (SSSR count). The van der Waals surface area contributed by atoms with Crippen molar-refractivity contribution >= 4 is 11.6 Å². The van der Waals surface area contributed by atoms with Crippen LogP contribution in [0.5, 0.6) is 0 Å². The summed E-state index contributed by atoms with van der Waals surface area (Å²) in [5.41, 5.74) is 3.22. The molecule has 6 heteroatoms. The zero-order valence-electron chi connectivity index (χ0n) is 16.7. The summed E-state index contributed by atoms with van der Waals surface area (Å²) < 4.78 is 39.2. The maximum atomic E-state index is 13.1. The van der Waals surface area contributed by atoms with E-state index < -0.39 is 11.7 Å². The maximum Gasteiger partial charge on any atom is 0.416 e. The maximum absolute atomic E-state index is 13.1. The first-order valence-corrected chi connectivity index (χ1v) is 10.0. The number of aryl methyl sites for hydroxylation is 2. The lowest BCUT2D eigenvalue weighted by Crippen LogP contribution is -2.49. The largest absolute Gasteiger partial charge is 0.416 e. The highest BCUT2D eigenvalue weighted by Gasteiger charge is 2.46. The Morgan fingerprint density at radius 3 is 2.24 bits per heavy atom. The monoisotopic (exact) mass is 402 g/mol. The molecule has 1 aliphatic carbocycles. The predicted molar refractivity (Wildman–Crippen MR) is 107 cm³/mol. The third kappa shape index (κ3) is 4.11. The molecular weight excluding hydrogens is 377 g/mol. The second kappa shape index (κ2) is 7.39. The van der Waals surface area contributed by atoms with Crippen molar-refractivity contribution in [2.45, 2.75) is 32.4 Å². The Balaban J connectivity index is 1.38. The Labute approximate surface area is 169 Å². The Hall–Kier alpha value is -2.50. The average molecular weight is 402 g/mol. The number of piperazine rings is 1. The van der Waals surface area contributed by atoms with Gasteiger partial charge >= 0.3 is 6.18 Å². The molecule has 0 radical (unpaired) electrons. The van der Waals surface area contributed by atoms with Crippen molar-refractivity contribution in [2.75, 3.05) is 31.1 Å². The van der Waals surface area contributed by atoms with Crippen LogP contribution in [0.2, 0.25) is 0 Å². The molecular formula is C23H25F3N2O. The molecule has 1 amide bonds. The summed E-state index contributed by atoms with van der Waals surface area (Å²) in [6.45, 7) is 6.07. The van der Waals surface area contributed by atoms with Gasteiger partial charge in [0.25, 0.3) is 0 Å². The molecule has 2 aliphatic rings. The zero-order valence-corrected chi connectivity index (χ0v) is 16.7. The minimum atomic E-state index is -4.35. The van der Waals surface area contributed by atoms with Crippen molar-refractivity contribution in [3.63, 3.8) is 0 Å². The number of hydrogen-bond acceptors (Lipinski definition) is 2. The molecule has 0 bridgehead atoms. The number of nitrogens with zero attached hydrogens (tertiary/aromatic N) is 2. The van der Waals surface area contributed by atoms with Crippen molar-refractivity contribution < 1.29 is 18.0 Å². The third-order valence-corrected chi connectivity index (χ3v) is 6.08. The van der Waals surface area contributed by atoms with Crippen molar-refractivity contribution in [3.8, 4) is 0 Å². The number of benzene rings is 2. The minimum Gasteiger partial charge on any atom is -0.368 e. The highest BCUT2D eigenvalue weighted by atomic mass is 19.4. The van der Waals surface area contributed by atoms with Crippen LogP contribution in [0.25, 0.3) is 0 Å². The first kappa shape index (κ1) is 19.8. The number of alkyl halides is 3. The van der Waals surface area contributed by atoms with Gasteiger partial charge in [-0.2, -0.15) is 13.2 Å². The second-order valence-electron chi connectivity index (χ2n) is 8.17. The molecule has 2 fully saturated rings. The van der Waals surface area contributed by atoms with E-state index in [1.165, 1.54) is 23.3 Å². The minimum absolute atomic E-state index is 0.0412. The summed E-state index contributed by atoms with van der Waals surface area (Å²) in [5.74, 6) is 0.516. The fourth-order valence-corrected chi connectivity index (χ4v) is 4.18. The normalized spacial score (nSPS) is 22.0. The van der Waals surface area contributed by atoms with Crippen LogP contribution in [-0.2, 0) is 11.0 Å². The number of rotatable bonds is 3. The summed E-state index contributed by atoms with van der Waals surface area (Å²) in [6, 6.07) is 12.2. The molecule has 2 aromatic rings. The summed E-state index contributed by atoms with van der Waals surface area (Å²) in [4.78, 5) is 16.7. The number of hydrogen-bond donors (Lipinski definition) is 0. The number of amides is 1. The first-order valence-electron chi connectivity index (χ1n) is 10.0. The van der Waals surface area contributed by atoms with E-state index in [0.29, 0.717) is 37.8 Å². The molecule has 1 aliphatic heterocycles. The van der Waals surface area contributed by atoms with E-state index in [2.05, 4.69) is 24.3 Å². The Morgan fingerprint density at radius 2 is 1.62 bits per heavy atom. The van der Waals surface area contributed by atoms with Gasteiger partial charge in [0.05, 0.1) is 5.56 Å². The van der Waals surface area contributed by atoms with Gasteiger partial charge in [-0.15, -0.1) is 0 Å². The van der Waals surface area contributed by atoms with Crippen LogP contribution in [0.1, 0.15) is 34.6 Å². The van der Waals surface area contributed by atoms with E-state index in [9.17, 15) is 18.0 Å². The number of carbonyl (C=O) groups excluding carboxylic acids is 1. The summed E-state index contributed by atoms with van der Waals surface area (Å²) >= 11 is 0. The van der Waals surface area contributed by atoms with Crippen LogP contribution in [0, 0.1) is 19.8 Å². The van der Waals surface area contributed by atoms with Gasteiger partial charge in [-0.05, 0) is 49.4 Å². The van der Waals surface area contributed by atoms with E-state index in [-0.39, 0.29) is 11.8 Å². The SMILES string of the molecule is Cc1ccc([C@@H]2C[C@@H]2C(=O)N2CCN(c3cc(C(F)(F)F)ccc3C)CC2)cc1. The molecule has 29 heavy (non-hydrogen) atoms. The lowest BCUT2D eigenvalue weighted by atomic mass is 10.1. The number of anilines is 1. The van der Waals surface area contributed by atoms with Gasteiger partial charge in [-0.3, -0.25) is 4.79 Å². The van der Waals surface area contributed by atoms with Gasteiger partial charge in [0.1, 0.15) is 0 Å². The van der Waals surface area contributed by atoms with Crippen molar-refractivity contribution in [2.24, 2.45) is 5.92 Å². The van der Waals surface area contributed by atoms with Gasteiger partial charge < -0.3 is 9.80 Å². The van der Waals surface area contributed by atoms with Crippen LogP contribution in [-0.4, -0.2) is 37.0 Å². The number of halogens is 3. The topological polar surface area (TPSA) is 23.6 Å². The molecule has 0 spiro atoms. The molecule has 1 saturated carbocycles. The van der Waals surface area contributed by atoms with Crippen LogP contribution in [0.3, 0.4) is 0 Å². The molecule has 0 N–H and O–H groups in total. The van der Waals surface area contributed by atoms with Gasteiger partial charge in [0, 0.05) is 37.8 Å². The van der Waals surface area contributed by atoms with Gasteiger partial charge in [-0.1, -0.05) is 35.9 Å². The summed E-state index contributed by atoms with van der Waals surface area (Å²) in [5, 5.41) is 0. The van der Waals surface area contributed by atoms with Crippen LogP contribution in [0.15, 0.2) is 42.5 Å². The van der Waals surface area contributed by atoms with Crippen LogP contribution < -0.4 is 4.90 Å². The van der Waals surface area contributed by atoms with Gasteiger partial charge in [0.15, 0.2) is 0 Å². The second-order valence-corrected chi connectivity index (χ2v) is 8.17. The molecule has 2 aromatic carbocycles. The Morgan fingerprint density at radius 1 is 0.966 bits per heavy atom. The quantitative estimate of drug-likeness (QED) is 0.738. The fraction of sp³-hybridized carbons (Fsp3) is 0.435. The van der Waals surface area contributed by atoms with Crippen molar-refractivity contribution in [1.82, 2.24) is 4.90 Å². The Bertz CT molecular complexity index is 899. The molecule has 1 heterocycles. The summed E-state index contributed by atoms with van der Waals surface area (Å²) in [7, 11) is 0. The predicted octanol–water partition coefficient (Wildman–Crippen LogP) is 4.77. The molecule has 3 nitrogen and oxygen atoms in total.